The highest BCUT2D eigenvalue weighted by Crippen LogP contribution is 2.32. The maximum atomic E-state index is 10.8. The third kappa shape index (κ3) is 2.59. The second kappa shape index (κ2) is 5.14. The Kier molecular flexibility index (Phi) is 3.55. The molecule has 1 heterocycles. The standard InChI is InChI=1S/C14H15NO4/c1-8-4-9(5-14(16)17)15-11-7-13(19-3)12(18-2)6-10(8)11/h4,6-7H,5H2,1-3H3,(H,16,17). The van der Waals surface area contributed by atoms with Crippen molar-refractivity contribution in [3.8, 4) is 11.5 Å². The topological polar surface area (TPSA) is 68.7 Å². The average Bonchev–Trinajstić information content (AvgIpc) is 2.36. The number of hydrogen-bond donors (Lipinski definition) is 1. The van der Waals surface area contributed by atoms with Gasteiger partial charge in [-0.1, -0.05) is 0 Å². The zero-order valence-corrected chi connectivity index (χ0v) is 11.1. The predicted octanol–water partition coefficient (Wildman–Crippen LogP) is 2.19. The number of aryl methyl sites for hydroxylation is 1. The van der Waals surface area contributed by atoms with Crippen molar-refractivity contribution < 1.29 is 19.4 Å². The molecule has 0 radical (unpaired) electrons. The quantitative estimate of drug-likeness (QED) is 0.913. The van der Waals surface area contributed by atoms with Crippen molar-refractivity contribution in [2.45, 2.75) is 13.3 Å². The molecular formula is C14H15NO4. The zero-order chi connectivity index (χ0) is 14.0. The smallest absolute Gasteiger partial charge is 0.309 e. The third-order valence-corrected chi connectivity index (χ3v) is 2.91. The summed E-state index contributed by atoms with van der Waals surface area (Å²) in [4.78, 5) is 15.1. The fraction of sp³-hybridized carbons (Fsp3) is 0.286. The summed E-state index contributed by atoms with van der Waals surface area (Å²) in [6, 6.07) is 5.38. The van der Waals surface area contributed by atoms with E-state index >= 15 is 0 Å². The van der Waals surface area contributed by atoms with Gasteiger partial charge in [0.15, 0.2) is 11.5 Å². The van der Waals surface area contributed by atoms with E-state index in [9.17, 15) is 4.79 Å². The van der Waals surface area contributed by atoms with Gasteiger partial charge in [0.05, 0.1) is 31.9 Å². The summed E-state index contributed by atoms with van der Waals surface area (Å²) in [5.41, 5.74) is 2.20. The number of carboxylic acid groups (broad SMARTS) is 1. The molecule has 0 amide bonds. The van der Waals surface area contributed by atoms with Gasteiger partial charge in [0, 0.05) is 11.5 Å². The first-order valence-corrected chi connectivity index (χ1v) is 5.79. The number of nitrogens with zero attached hydrogens (tertiary/aromatic N) is 1. The Morgan fingerprint density at radius 2 is 1.84 bits per heavy atom. The Morgan fingerprint density at radius 3 is 2.42 bits per heavy atom. The molecular weight excluding hydrogens is 246 g/mol. The molecule has 0 aliphatic heterocycles. The van der Waals surface area contributed by atoms with Gasteiger partial charge in [-0.15, -0.1) is 0 Å². The van der Waals surface area contributed by atoms with Crippen LogP contribution in [0.1, 0.15) is 11.3 Å². The largest absolute Gasteiger partial charge is 0.493 e. The van der Waals surface area contributed by atoms with Gasteiger partial charge < -0.3 is 14.6 Å². The Morgan fingerprint density at radius 1 is 1.21 bits per heavy atom. The van der Waals surface area contributed by atoms with Crippen LogP contribution in [0.2, 0.25) is 0 Å². The maximum absolute atomic E-state index is 10.8. The van der Waals surface area contributed by atoms with E-state index in [1.807, 2.05) is 13.0 Å². The van der Waals surface area contributed by atoms with Gasteiger partial charge in [0.25, 0.3) is 0 Å². The number of benzene rings is 1. The van der Waals surface area contributed by atoms with Crippen molar-refractivity contribution in [1.82, 2.24) is 4.98 Å². The fourth-order valence-electron chi connectivity index (χ4n) is 2.04. The highest BCUT2D eigenvalue weighted by atomic mass is 16.5. The third-order valence-electron chi connectivity index (χ3n) is 2.91. The van der Waals surface area contributed by atoms with Crippen molar-refractivity contribution in [3.63, 3.8) is 0 Å². The van der Waals surface area contributed by atoms with Gasteiger partial charge in [-0.3, -0.25) is 9.78 Å². The minimum atomic E-state index is -0.897. The number of methoxy groups -OCH3 is 2. The van der Waals surface area contributed by atoms with E-state index in [0.717, 1.165) is 10.9 Å². The van der Waals surface area contributed by atoms with Crippen LogP contribution in [0.4, 0.5) is 0 Å². The van der Waals surface area contributed by atoms with Crippen LogP contribution in [0.3, 0.4) is 0 Å². The number of aromatic nitrogens is 1. The summed E-state index contributed by atoms with van der Waals surface area (Å²) >= 11 is 0. The van der Waals surface area contributed by atoms with E-state index in [0.29, 0.717) is 22.7 Å². The molecule has 1 aromatic carbocycles. The molecule has 5 nitrogen and oxygen atoms in total. The van der Waals surface area contributed by atoms with Gasteiger partial charge >= 0.3 is 5.97 Å². The average molecular weight is 261 g/mol. The molecule has 0 atom stereocenters. The number of hydrogen-bond acceptors (Lipinski definition) is 4. The van der Waals surface area contributed by atoms with E-state index < -0.39 is 5.97 Å². The van der Waals surface area contributed by atoms with Gasteiger partial charge in [0.2, 0.25) is 0 Å². The van der Waals surface area contributed by atoms with Crippen molar-refractivity contribution in [2.75, 3.05) is 14.2 Å². The van der Waals surface area contributed by atoms with Crippen LogP contribution in [0.25, 0.3) is 10.9 Å². The van der Waals surface area contributed by atoms with Crippen molar-refractivity contribution >= 4 is 16.9 Å². The molecule has 0 aliphatic carbocycles. The number of aliphatic carboxylic acids is 1. The molecule has 5 heteroatoms. The first-order valence-electron chi connectivity index (χ1n) is 5.79. The molecule has 1 N–H and O–H groups in total. The lowest BCUT2D eigenvalue weighted by atomic mass is 10.1. The van der Waals surface area contributed by atoms with Crippen molar-refractivity contribution in [2.24, 2.45) is 0 Å². The summed E-state index contributed by atoms with van der Waals surface area (Å²) in [5.74, 6) is 0.312. The maximum Gasteiger partial charge on any atom is 0.309 e. The Balaban J connectivity index is 2.63. The molecule has 1 aromatic heterocycles. The summed E-state index contributed by atoms with van der Waals surface area (Å²) in [7, 11) is 3.13. The summed E-state index contributed by atoms with van der Waals surface area (Å²) < 4.78 is 10.5. The van der Waals surface area contributed by atoms with Crippen LogP contribution in [0.15, 0.2) is 18.2 Å². The first kappa shape index (κ1) is 13.1. The molecule has 2 aromatic rings. The molecule has 100 valence electrons. The van der Waals surface area contributed by atoms with E-state index in [2.05, 4.69) is 4.98 Å². The van der Waals surface area contributed by atoms with Crippen LogP contribution in [0, 0.1) is 6.92 Å². The van der Waals surface area contributed by atoms with Gasteiger partial charge in [-0.05, 0) is 24.6 Å². The highest BCUT2D eigenvalue weighted by molar-refractivity contribution is 5.86. The predicted molar refractivity (Wildman–Crippen MR) is 70.9 cm³/mol. The van der Waals surface area contributed by atoms with E-state index in [-0.39, 0.29) is 6.42 Å². The van der Waals surface area contributed by atoms with E-state index in [1.165, 1.54) is 0 Å². The van der Waals surface area contributed by atoms with Crippen LogP contribution in [-0.2, 0) is 11.2 Å². The molecule has 0 aliphatic rings. The summed E-state index contributed by atoms with van der Waals surface area (Å²) in [6.45, 7) is 1.92. The lowest BCUT2D eigenvalue weighted by Gasteiger charge is -2.11. The van der Waals surface area contributed by atoms with Gasteiger partial charge in [-0.2, -0.15) is 0 Å². The molecule has 2 rings (SSSR count). The van der Waals surface area contributed by atoms with Crippen molar-refractivity contribution in [1.29, 1.82) is 0 Å². The highest BCUT2D eigenvalue weighted by Gasteiger charge is 2.11. The van der Waals surface area contributed by atoms with Crippen LogP contribution in [0.5, 0.6) is 11.5 Å². The zero-order valence-electron chi connectivity index (χ0n) is 11.1. The Hall–Kier alpha value is -2.30. The van der Waals surface area contributed by atoms with Crippen molar-refractivity contribution in [3.05, 3.63) is 29.5 Å². The van der Waals surface area contributed by atoms with E-state index in [1.54, 1.807) is 26.4 Å². The molecule has 19 heavy (non-hydrogen) atoms. The monoisotopic (exact) mass is 261 g/mol. The SMILES string of the molecule is COc1cc2nc(CC(=O)O)cc(C)c2cc1OC. The summed E-state index contributed by atoms with van der Waals surface area (Å²) in [6.07, 6.45) is -0.0921. The van der Waals surface area contributed by atoms with E-state index in [4.69, 9.17) is 14.6 Å². The molecule has 0 bridgehead atoms. The number of carbonyl (C=O) groups is 1. The number of carboxylic acids is 1. The molecule has 0 saturated carbocycles. The Labute approximate surface area is 110 Å². The summed E-state index contributed by atoms with van der Waals surface area (Å²) in [5, 5.41) is 9.75. The number of rotatable bonds is 4. The lowest BCUT2D eigenvalue weighted by Crippen LogP contribution is -2.03. The Bertz CT molecular complexity index is 637. The van der Waals surface area contributed by atoms with Crippen LogP contribution >= 0.6 is 0 Å². The molecule has 0 fully saturated rings. The molecule has 0 unspecified atom stereocenters. The van der Waals surface area contributed by atoms with Gasteiger partial charge in [0.1, 0.15) is 0 Å². The fourth-order valence-corrected chi connectivity index (χ4v) is 2.04. The first-order chi connectivity index (χ1) is 9.05. The number of fused-ring (bicyclic) bond motifs is 1. The van der Waals surface area contributed by atoms with Gasteiger partial charge in [-0.25, -0.2) is 0 Å². The second-order valence-electron chi connectivity index (χ2n) is 4.23. The second-order valence-corrected chi connectivity index (χ2v) is 4.23. The lowest BCUT2D eigenvalue weighted by molar-refractivity contribution is -0.136. The minimum Gasteiger partial charge on any atom is -0.493 e. The number of ether oxygens (including phenoxy) is 2. The van der Waals surface area contributed by atoms with Crippen LogP contribution < -0.4 is 9.47 Å². The minimum absolute atomic E-state index is 0.0921. The molecule has 0 saturated heterocycles. The molecule has 0 spiro atoms. The normalized spacial score (nSPS) is 10.5. The number of pyridine rings is 1. The van der Waals surface area contributed by atoms with Crippen LogP contribution in [-0.4, -0.2) is 30.3 Å².